The summed E-state index contributed by atoms with van der Waals surface area (Å²) in [4.78, 5) is 13.6. The maximum atomic E-state index is 11.7. The van der Waals surface area contributed by atoms with Crippen LogP contribution in [-0.2, 0) is 11.3 Å². The van der Waals surface area contributed by atoms with Gasteiger partial charge in [0.15, 0.2) is 5.76 Å². The van der Waals surface area contributed by atoms with Crippen LogP contribution in [0.1, 0.15) is 31.1 Å². The molecule has 0 unspecified atom stereocenters. The van der Waals surface area contributed by atoms with Crippen molar-refractivity contribution in [3.63, 3.8) is 0 Å². The van der Waals surface area contributed by atoms with Crippen molar-refractivity contribution in [2.75, 3.05) is 13.1 Å². The molecule has 2 aromatic rings. The molecular weight excluding hydrogens is 280 g/mol. The van der Waals surface area contributed by atoms with Gasteiger partial charge in [0.2, 0.25) is 5.91 Å². The number of rotatable bonds is 6. The molecule has 1 aliphatic heterocycles. The molecule has 3 rings (SSSR count). The molecular formula is C16H22N4O2. The largest absolute Gasteiger partial charge is 0.460 e. The molecule has 1 aliphatic rings. The molecule has 1 fully saturated rings. The topological polar surface area (TPSA) is 74.2 Å². The van der Waals surface area contributed by atoms with E-state index in [1.54, 1.807) is 0 Å². The van der Waals surface area contributed by atoms with Crippen LogP contribution in [0, 0.1) is 6.92 Å². The third-order valence-corrected chi connectivity index (χ3v) is 4.01. The molecule has 1 saturated heterocycles. The third-order valence-electron chi connectivity index (χ3n) is 4.01. The lowest BCUT2D eigenvalue weighted by molar-refractivity contribution is -0.127. The zero-order valence-electron chi connectivity index (χ0n) is 13.1. The Bertz CT molecular complexity index is 646. The number of nitrogens with zero attached hydrogens (tertiary/aromatic N) is 2. The minimum absolute atomic E-state index is 0.239. The van der Waals surface area contributed by atoms with Crippen LogP contribution in [0.2, 0.25) is 0 Å². The Balaban J connectivity index is 1.58. The number of aryl methyl sites for hydroxylation is 1. The highest BCUT2D eigenvalue weighted by molar-refractivity contribution is 5.78. The number of aromatic nitrogens is 2. The highest BCUT2D eigenvalue weighted by atomic mass is 16.3. The molecule has 3 heterocycles. The Morgan fingerprint density at radius 1 is 1.50 bits per heavy atom. The van der Waals surface area contributed by atoms with Crippen molar-refractivity contribution in [2.45, 2.75) is 39.3 Å². The Morgan fingerprint density at radius 3 is 3.05 bits per heavy atom. The molecule has 118 valence electrons. The van der Waals surface area contributed by atoms with E-state index in [-0.39, 0.29) is 11.9 Å². The second kappa shape index (κ2) is 6.36. The van der Waals surface area contributed by atoms with Gasteiger partial charge in [-0.05, 0) is 32.4 Å². The Hall–Kier alpha value is -2.08. The van der Waals surface area contributed by atoms with Crippen LogP contribution in [0.5, 0.6) is 0 Å². The zero-order chi connectivity index (χ0) is 15.5. The van der Waals surface area contributed by atoms with E-state index in [4.69, 9.17) is 4.42 Å². The molecule has 0 radical (unpaired) electrons. The van der Waals surface area contributed by atoms with Gasteiger partial charge in [0.25, 0.3) is 0 Å². The van der Waals surface area contributed by atoms with Gasteiger partial charge in [-0.2, -0.15) is 5.10 Å². The fraction of sp³-hybridized carbons (Fsp3) is 0.500. The summed E-state index contributed by atoms with van der Waals surface area (Å²) < 4.78 is 5.65. The molecule has 1 amide bonds. The second-order valence-electron chi connectivity index (χ2n) is 5.91. The predicted molar refractivity (Wildman–Crippen MR) is 83.1 cm³/mol. The minimum Gasteiger partial charge on any atom is -0.460 e. The molecule has 1 atom stereocenters. The van der Waals surface area contributed by atoms with Crippen LogP contribution in [-0.4, -0.2) is 40.1 Å². The SMILES string of the molecule is Cc1ccc(-c2[nH]ncc2CN[C@H](C)CN2CCCC2=O)o1. The highest BCUT2D eigenvalue weighted by Gasteiger charge is 2.21. The first kappa shape index (κ1) is 14.8. The van der Waals surface area contributed by atoms with Gasteiger partial charge in [-0.15, -0.1) is 0 Å². The van der Waals surface area contributed by atoms with Crippen molar-refractivity contribution in [1.29, 1.82) is 0 Å². The van der Waals surface area contributed by atoms with Crippen molar-refractivity contribution in [3.8, 4) is 11.5 Å². The Morgan fingerprint density at radius 2 is 2.36 bits per heavy atom. The van der Waals surface area contributed by atoms with Gasteiger partial charge >= 0.3 is 0 Å². The maximum Gasteiger partial charge on any atom is 0.222 e. The second-order valence-corrected chi connectivity index (χ2v) is 5.91. The van der Waals surface area contributed by atoms with E-state index in [0.717, 1.165) is 42.3 Å². The zero-order valence-corrected chi connectivity index (χ0v) is 13.1. The number of likely N-dealkylation sites (tertiary alicyclic amines) is 1. The van der Waals surface area contributed by atoms with Gasteiger partial charge in [-0.3, -0.25) is 9.89 Å². The van der Waals surface area contributed by atoms with Crippen molar-refractivity contribution in [2.24, 2.45) is 0 Å². The molecule has 0 aromatic carbocycles. The summed E-state index contributed by atoms with van der Waals surface area (Å²) in [6, 6.07) is 4.12. The van der Waals surface area contributed by atoms with E-state index < -0.39 is 0 Å². The number of furan rings is 1. The first-order chi connectivity index (χ1) is 10.6. The van der Waals surface area contributed by atoms with E-state index in [9.17, 15) is 4.79 Å². The average molecular weight is 302 g/mol. The van der Waals surface area contributed by atoms with Crippen molar-refractivity contribution < 1.29 is 9.21 Å². The summed E-state index contributed by atoms with van der Waals surface area (Å²) >= 11 is 0. The lowest BCUT2D eigenvalue weighted by Crippen LogP contribution is -2.39. The summed E-state index contributed by atoms with van der Waals surface area (Å²) in [6.07, 6.45) is 3.49. The lowest BCUT2D eigenvalue weighted by atomic mass is 10.2. The van der Waals surface area contributed by atoms with Crippen molar-refractivity contribution >= 4 is 5.91 Å². The number of H-pyrrole nitrogens is 1. The van der Waals surface area contributed by atoms with E-state index >= 15 is 0 Å². The van der Waals surface area contributed by atoms with Crippen LogP contribution in [0.3, 0.4) is 0 Å². The van der Waals surface area contributed by atoms with Gasteiger partial charge in [-0.1, -0.05) is 0 Å². The maximum absolute atomic E-state index is 11.7. The molecule has 22 heavy (non-hydrogen) atoms. The fourth-order valence-electron chi connectivity index (χ4n) is 2.80. The van der Waals surface area contributed by atoms with Crippen LogP contribution in [0.4, 0.5) is 0 Å². The molecule has 0 saturated carbocycles. The standard InChI is InChI=1S/C16H22N4O2/c1-11(10-20-7-3-4-15(20)21)17-8-13-9-18-19-16(13)14-6-5-12(2)22-14/h5-6,9,11,17H,3-4,7-8,10H2,1-2H3,(H,18,19)/t11-/m1/s1. The molecule has 0 spiro atoms. The van der Waals surface area contributed by atoms with Crippen LogP contribution < -0.4 is 5.32 Å². The molecule has 0 bridgehead atoms. The molecule has 6 heteroatoms. The quantitative estimate of drug-likeness (QED) is 0.857. The number of nitrogens with one attached hydrogen (secondary N) is 2. The van der Waals surface area contributed by atoms with E-state index in [1.807, 2.05) is 30.2 Å². The first-order valence-corrected chi connectivity index (χ1v) is 7.73. The number of aromatic amines is 1. The predicted octanol–water partition coefficient (Wildman–Crippen LogP) is 2.08. The highest BCUT2D eigenvalue weighted by Crippen LogP contribution is 2.23. The van der Waals surface area contributed by atoms with Crippen LogP contribution in [0.15, 0.2) is 22.7 Å². The van der Waals surface area contributed by atoms with E-state index in [2.05, 4.69) is 22.4 Å². The average Bonchev–Trinajstić information content (AvgIpc) is 3.19. The normalized spacial score (nSPS) is 16.5. The third kappa shape index (κ3) is 3.22. The van der Waals surface area contributed by atoms with Crippen LogP contribution in [0.25, 0.3) is 11.5 Å². The first-order valence-electron chi connectivity index (χ1n) is 7.73. The minimum atomic E-state index is 0.239. The summed E-state index contributed by atoms with van der Waals surface area (Å²) in [5.41, 5.74) is 1.97. The number of hydrogen-bond donors (Lipinski definition) is 2. The Kier molecular flexibility index (Phi) is 4.29. The molecule has 6 nitrogen and oxygen atoms in total. The summed E-state index contributed by atoms with van der Waals surface area (Å²) in [5.74, 6) is 1.95. The van der Waals surface area contributed by atoms with Crippen molar-refractivity contribution in [1.82, 2.24) is 20.4 Å². The number of carbonyl (C=O) groups is 1. The molecule has 2 N–H and O–H groups in total. The lowest BCUT2D eigenvalue weighted by Gasteiger charge is -2.21. The van der Waals surface area contributed by atoms with Crippen LogP contribution >= 0.6 is 0 Å². The fourth-order valence-corrected chi connectivity index (χ4v) is 2.80. The number of amides is 1. The van der Waals surface area contributed by atoms with Gasteiger partial charge in [0.05, 0.1) is 6.20 Å². The Labute approximate surface area is 129 Å². The molecule has 0 aliphatic carbocycles. The summed E-state index contributed by atoms with van der Waals surface area (Å²) in [6.45, 7) is 6.35. The number of hydrogen-bond acceptors (Lipinski definition) is 4. The summed E-state index contributed by atoms with van der Waals surface area (Å²) in [7, 11) is 0. The van der Waals surface area contributed by atoms with Gasteiger partial charge in [0.1, 0.15) is 11.5 Å². The van der Waals surface area contributed by atoms with E-state index in [0.29, 0.717) is 13.0 Å². The summed E-state index contributed by atoms with van der Waals surface area (Å²) in [5, 5.41) is 10.6. The van der Waals surface area contributed by atoms with Gasteiger partial charge < -0.3 is 14.6 Å². The van der Waals surface area contributed by atoms with E-state index in [1.165, 1.54) is 0 Å². The van der Waals surface area contributed by atoms with Gasteiger partial charge in [-0.25, -0.2) is 0 Å². The number of carbonyl (C=O) groups excluding carboxylic acids is 1. The van der Waals surface area contributed by atoms with Gasteiger partial charge in [0, 0.05) is 37.7 Å². The molecule has 2 aromatic heterocycles. The van der Waals surface area contributed by atoms with Crippen molar-refractivity contribution in [3.05, 3.63) is 29.7 Å². The monoisotopic (exact) mass is 302 g/mol. The smallest absolute Gasteiger partial charge is 0.222 e.